The zero-order valence-corrected chi connectivity index (χ0v) is 18.6. The molecular formula is C22H25N3O6S. The van der Waals surface area contributed by atoms with Crippen molar-refractivity contribution in [2.75, 3.05) is 30.8 Å². The first kappa shape index (κ1) is 22.1. The Bertz CT molecular complexity index is 1130. The average Bonchev–Trinajstić information content (AvgIpc) is 2.80. The average molecular weight is 460 g/mol. The number of fused-ring (bicyclic) bond motifs is 1. The third kappa shape index (κ3) is 4.42. The lowest BCUT2D eigenvalue weighted by Crippen LogP contribution is -2.43. The van der Waals surface area contributed by atoms with E-state index in [1.807, 2.05) is 0 Å². The maximum absolute atomic E-state index is 13.2. The first-order valence-electron chi connectivity index (χ1n) is 10.3. The summed E-state index contributed by atoms with van der Waals surface area (Å²) in [6.45, 7) is 2.03. The number of nitrogens with one attached hydrogen (secondary N) is 2. The Morgan fingerprint density at radius 1 is 1.22 bits per heavy atom. The number of carbonyl (C=O) groups excluding carboxylic acids is 2. The molecule has 2 aliphatic heterocycles. The summed E-state index contributed by atoms with van der Waals surface area (Å²) < 4.78 is 38.4. The molecule has 0 bridgehead atoms. The van der Waals surface area contributed by atoms with Crippen LogP contribution in [0.3, 0.4) is 0 Å². The van der Waals surface area contributed by atoms with Gasteiger partial charge in [-0.15, -0.1) is 0 Å². The number of sulfonamides is 1. The van der Waals surface area contributed by atoms with Crippen molar-refractivity contribution in [3.8, 4) is 11.5 Å². The molecule has 2 heterocycles. The van der Waals surface area contributed by atoms with Crippen LogP contribution in [0.15, 0.2) is 47.4 Å². The van der Waals surface area contributed by atoms with Gasteiger partial charge >= 0.3 is 0 Å². The summed E-state index contributed by atoms with van der Waals surface area (Å²) in [6.07, 6.45) is 0.527. The van der Waals surface area contributed by atoms with Crippen LogP contribution < -0.4 is 20.1 Å². The van der Waals surface area contributed by atoms with Crippen molar-refractivity contribution in [2.45, 2.75) is 30.8 Å². The summed E-state index contributed by atoms with van der Waals surface area (Å²) in [4.78, 5) is 24.7. The van der Waals surface area contributed by atoms with Crippen molar-refractivity contribution >= 4 is 33.2 Å². The fraction of sp³-hybridized carbons (Fsp3) is 0.364. The minimum atomic E-state index is -3.84. The second-order valence-corrected chi connectivity index (χ2v) is 9.77. The van der Waals surface area contributed by atoms with Crippen LogP contribution in [-0.4, -0.2) is 50.8 Å². The summed E-state index contributed by atoms with van der Waals surface area (Å²) in [5.74, 6) is 0.0723. The number of ether oxygens (including phenoxy) is 2. The molecule has 170 valence electrons. The third-order valence-corrected chi connectivity index (χ3v) is 7.49. The number of rotatable bonds is 5. The van der Waals surface area contributed by atoms with Crippen molar-refractivity contribution in [3.05, 3.63) is 42.5 Å². The van der Waals surface area contributed by atoms with Crippen molar-refractivity contribution in [2.24, 2.45) is 5.92 Å². The second kappa shape index (κ2) is 8.79. The number of piperidine rings is 1. The zero-order valence-electron chi connectivity index (χ0n) is 17.8. The quantitative estimate of drug-likeness (QED) is 0.710. The molecule has 0 radical (unpaired) electrons. The smallest absolute Gasteiger partial charge is 0.265 e. The summed E-state index contributed by atoms with van der Waals surface area (Å²) >= 11 is 0. The second-order valence-electron chi connectivity index (χ2n) is 7.83. The fourth-order valence-electron chi connectivity index (χ4n) is 3.79. The molecule has 10 heteroatoms. The van der Waals surface area contributed by atoms with Crippen LogP contribution in [-0.2, 0) is 19.6 Å². The van der Waals surface area contributed by atoms with Crippen LogP contribution in [0.25, 0.3) is 0 Å². The summed E-state index contributed by atoms with van der Waals surface area (Å²) in [5, 5.41) is 5.51. The summed E-state index contributed by atoms with van der Waals surface area (Å²) in [6, 6.07) is 11.3. The van der Waals surface area contributed by atoms with Crippen LogP contribution in [0, 0.1) is 5.92 Å². The standard InChI is InChI=1S/C22H25N3O6S/c1-14-21(26)24-19-12-18(9-10-20(19)31-14)32(28,29)25-11-3-4-15(13-25)22(27)23-16-5-7-17(30-2)8-6-16/h5-10,12,14-15H,3-4,11,13H2,1-2H3,(H,23,27)(H,24,26)/t14-,15+/m0/s1. The Morgan fingerprint density at radius 2 is 1.97 bits per heavy atom. The summed E-state index contributed by atoms with van der Waals surface area (Å²) in [5.41, 5.74) is 0.940. The van der Waals surface area contributed by atoms with Gasteiger partial charge in [-0.2, -0.15) is 4.31 Å². The van der Waals surface area contributed by atoms with Gasteiger partial charge in [0.1, 0.15) is 11.5 Å². The first-order chi connectivity index (χ1) is 15.3. The maximum Gasteiger partial charge on any atom is 0.265 e. The SMILES string of the molecule is COc1ccc(NC(=O)[C@@H]2CCCN(S(=O)(=O)c3ccc4c(c3)NC(=O)[C@H](C)O4)C2)cc1. The Labute approximate surface area is 186 Å². The molecule has 0 spiro atoms. The minimum Gasteiger partial charge on any atom is -0.497 e. The van der Waals surface area contributed by atoms with Crippen molar-refractivity contribution in [1.82, 2.24) is 4.31 Å². The highest BCUT2D eigenvalue weighted by molar-refractivity contribution is 7.89. The molecule has 4 rings (SSSR count). The van der Waals surface area contributed by atoms with Gasteiger partial charge in [-0.3, -0.25) is 9.59 Å². The molecule has 1 fully saturated rings. The Hall–Kier alpha value is -3.11. The van der Waals surface area contributed by atoms with E-state index in [2.05, 4.69) is 10.6 Å². The molecule has 0 saturated carbocycles. The number of hydrogen-bond donors (Lipinski definition) is 2. The van der Waals surface area contributed by atoms with Crippen LogP contribution in [0.5, 0.6) is 11.5 Å². The van der Waals surface area contributed by atoms with Gasteiger partial charge in [0, 0.05) is 18.8 Å². The number of amides is 2. The van der Waals surface area contributed by atoms with Gasteiger partial charge in [-0.1, -0.05) is 0 Å². The predicted octanol–water partition coefficient (Wildman–Crippen LogP) is 2.45. The molecule has 2 aromatic carbocycles. The largest absolute Gasteiger partial charge is 0.497 e. The predicted molar refractivity (Wildman–Crippen MR) is 118 cm³/mol. The molecule has 2 aromatic rings. The molecule has 2 atom stereocenters. The van der Waals surface area contributed by atoms with Gasteiger partial charge in [0.05, 0.1) is 23.6 Å². The van der Waals surface area contributed by atoms with Gasteiger partial charge in [-0.05, 0) is 62.2 Å². The normalized spacial score (nSPS) is 21.1. The number of carbonyl (C=O) groups is 2. The highest BCUT2D eigenvalue weighted by Gasteiger charge is 2.34. The number of anilines is 2. The van der Waals surface area contributed by atoms with Gasteiger partial charge in [0.2, 0.25) is 15.9 Å². The van der Waals surface area contributed by atoms with Crippen LogP contribution in [0.4, 0.5) is 11.4 Å². The molecule has 2 N–H and O–H groups in total. The van der Waals surface area contributed by atoms with Gasteiger partial charge in [-0.25, -0.2) is 8.42 Å². The molecule has 2 amide bonds. The van der Waals surface area contributed by atoms with Crippen molar-refractivity contribution in [1.29, 1.82) is 0 Å². The molecule has 0 aromatic heterocycles. The van der Waals surface area contributed by atoms with Gasteiger partial charge < -0.3 is 20.1 Å². The van der Waals surface area contributed by atoms with Crippen molar-refractivity contribution in [3.63, 3.8) is 0 Å². The van der Waals surface area contributed by atoms with Crippen molar-refractivity contribution < 1.29 is 27.5 Å². The lowest BCUT2D eigenvalue weighted by Gasteiger charge is -2.31. The molecule has 0 unspecified atom stereocenters. The van der Waals surface area contributed by atoms with Gasteiger partial charge in [0.15, 0.2) is 6.10 Å². The van der Waals surface area contributed by atoms with E-state index in [4.69, 9.17) is 9.47 Å². The van der Waals surface area contributed by atoms with E-state index in [0.717, 1.165) is 0 Å². The van der Waals surface area contributed by atoms with E-state index in [0.29, 0.717) is 42.3 Å². The lowest BCUT2D eigenvalue weighted by molar-refractivity contribution is -0.123. The highest BCUT2D eigenvalue weighted by Crippen LogP contribution is 2.33. The molecule has 32 heavy (non-hydrogen) atoms. The van der Waals surface area contributed by atoms with Crippen LogP contribution >= 0.6 is 0 Å². The van der Waals surface area contributed by atoms with E-state index in [-0.39, 0.29) is 23.3 Å². The van der Waals surface area contributed by atoms with Crippen LogP contribution in [0.2, 0.25) is 0 Å². The topological polar surface area (TPSA) is 114 Å². The lowest BCUT2D eigenvalue weighted by atomic mass is 9.99. The summed E-state index contributed by atoms with van der Waals surface area (Å²) in [7, 11) is -2.28. The monoisotopic (exact) mass is 459 g/mol. The molecular weight excluding hydrogens is 434 g/mol. The Kier molecular flexibility index (Phi) is 6.07. The number of benzene rings is 2. The number of hydrogen-bond acceptors (Lipinski definition) is 6. The van der Waals surface area contributed by atoms with Crippen LogP contribution in [0.1, 0.15) is 19.8 Å². The van der Waals surface area contributed by atoms with E-state index in [9.17, 15) is 18.0 Å². The number of nitrogens with zero attached hydrogens (tertiary/aromatic N) is 1. The van der Waals surface area contributed by atoms with E-state index < -0.39 is 22.0 Å². The zero-order chi connectivity index (χ0) is 22.9. The molecule has 0 aliphatic carbocycles. The van der Waals surface area contributed by atoms with Gasteiger partial charge in [0.25, 0.3) is 5.91 Å². The Balaban J connectivity index is 1.48. The molecule has 2 aliphatic rings. The van der Waals surface area contributed by atoms with E-state index >= 15 is 0 Å². The third-order valence-electron chi connectivity index (χ3n) is 5.63. The Morgan fingerprint density at radius 3 is 2.69 bits per heavy atom. The molecule has 1 saturated heterocycles. The van der Waals surface area contributed by atoms with E-state index in [1.165, 1.54) is 22.5 Å². The number of methoxy groups -OCH3 is 1. The highest BCUT2D eigenvalue weighted by atomic mass is 32.2. The minimum absolute atomic E-state index is 0.0471. The van der Waals surface area contributed by atoms with E-state index in [1.54, 1.807) is 38.3 Å². The fourth-order valence-corrected chi connectivity index (χ4v) is 5.34. The maximum atomic E-state index is 13.2. The first-order valence-corrected chi connectivity index (χ1v) is 11.8. The molecule has 9 nitrogen and oxygen atoms in total.